The van der Waals surface area contributed by atoms with Crippen LogP contribution in [-0.4, -0.2) is 15.9 Å². The second-order valence-electron chi connectivity index (χ2n) is 1.44. The van der Waals surface area contributed by atoms with Gasteiger partial charge in [0.1, 0.15) is 5.78 Å². The molecule has 0 aliphatic heterocycles. The van der Waals surface area contributed by atoms with E-state index < -0.39 is 0 Å². The Hall–Kier alpha value is 0.630. The summed E-state index contributed by atoms with van der Waals surface area (Å²) in [7, 11) is 0. The number of hydrogen-bond acceptors (Lipinski definition) is 1. The number of ketones is 1. The van der Waals surface area contributed by atoms with Gasteiger partial charge in [-0.15, -0.1) is 0 Å². The highest BCUT2D eigenvalue weighted by molar-refractivity contribution is 9.12. The molecule has 0 bridgehead atoms. The lowest BCUT2D eigenvalue weighted by molar-refractivity contribution is -0.117. The van der Waals surface area contributed by atoms with E-state index in [0.29, 0.717) is 11.8 Å². The third-order valence-corrected chi connectivity index (χ3v) is 3.18. The Kier molecular flexibility index (Phi) is 4.86. The number of alkyl halides is 2. The van der Waals surface area contributed by atoms with Crippen molar-refractivity contribution in [1.29, 1.82) is 0 Å². The zero-order chi connectivity index (χ0) is 6.57. The van der Waals surface area contributed by atoms with Crippen LogP contribution >= 0.6 is 31.9 Å². The van der Waals surface area contributed by atoms with Gasteiger partial charge in [-0.3, -0.25) is 4.79 Å². The molecule has 0 spiro atoms. The predicted molar refractivity (Wildman–Crippen MR) is 41.8 cm³/mol. The number of carbonyl (C=O) groups is 1. The summed E-state index contributed by atoms with van der Waals surface area (Å²) in [6, 6.07) is 0. The smallest absolute Gasteiger partial charge is 0.147 e. The molecule has 0 saturated heterocycles. The first-order valence-corrected chi connectivity index (χ1v) is 4.48. The molecule has 0 radical (unpaired) electrons. The van der Waals surface area contributed by atoms with Gasteiger partial charge in [0, 0.05) is 11.8 Å². The highest BCUT2D eigenvalue weighted by atomic mass is 79.9. The van der Waals surface area contributed by atoms with E-state index in [9.17, 15) is 4.79 Å². The predicted octanol–water partition coefficient (Wildman–Crippen LogP) is 2.12. The standard InChI is InChI=1S/C5H8Br2O/c1-2-5(8)4(7)3-6/h4H,2-3H2,1H3. The van der Waals surface area contributed by atoms with Crippen LogP contribution in [0.25, 0.3) is 0 Å². The molecule has 0 aliphatic rings. The lowest BCUT2D eigenvalue weighted by Gasteiger charge is -1.98. The Bertz CT molecular complexity index is 82.5. The molecule has 0 N–H and O–H groups in total. The number of halogens is 2. The highest BCUT2D eigenvalue weighted by Gasteiger charge is 2.08. The third kappa shape index (κ3) is 2.82. The van der Waals surface area contributed by atoms with Crippen LogP contribution in [0.5, 0.6) is 0 Å². The Morgan fingerprint density at radius 2 is 2.25 bits per heavy atom. The quantitative estimate of drug-likeness (QED) is 0.695. The fourth-order valence-corrected chi connectivity index (χ4v) is 0.992. The molecular formula is C5H8Br2O. The molecule has 0 aliphatic carbocycles. The van der Waals surface area contributed by atoms with Crippen molar-refractivity contribution in [1.82, 2.24) is 0 Å². The summed E-state index contributed by atoms with van der Waals surface area (Å²) >= 11 is 6.39. The SMILES string of the molecule is CCC(=O)C(Br)CBr. The van der Waals surface area contributed by atoms with Crippen molar-refractivity contribution >= 4 is 37.6 Å². The van der Waals surface area contributed by atoms with Crippen LogP contribution in [0.4, 0.5) is 0 Å². The number of hydrogen-bond donors (Lipinski definition) is 0. The second-order valence-corrected chi connectivity index (χ2v) is 3.19. The molecule has 3 heteroatoms. The monoisotopic (exact) mass is 242 g/mol. The van der Waals surface area contributed by atoms with Gasteiger partial charge in [0.05, 0.1) is 4.83 Å². The van der Waals surface area contributed by atoms with E-state index in [4.69, 9.17) is 0 Å². The average Bonchev–Trinajstić information content (AvgIpc) is 1.84. The molecule has 0 aromatic carbocycles. The van der Waals surface area contributed by atoms with Gasteiger partial charge in [0.15, 0.2) is 0 Å². The van der Waals surface area contributed by atoms with Crippen LogP contribution < -0.4 is 0 Å². The summed E-state index contributed by atoms with van der Waals surface area (Å²) in [5, 5.41) is 0.708. The molecule has 48 valence electrons. The molecule has 1 nitrogen and oxygen atoms in total. The Balaban J connectivity index is 3.46. The van der Waals surface area contributed by atoms with Gasteiger partial charge in [-0.25, -0.2) is 0 Å². The second kappa shape index (κ2) is 4.50. The Morgan fingerprint density at radius 3 is 2.38 bits per heavy atom. The largest absolute Gasteiger partial charge is 0.298 e. The fraction of sp³-hybridized carbons (Fsp3) is 0.800. The van der Waals surface area contributed by atoms with Crippen molar-refractivity contribution in [3.05, 3.63) is 0 Å². The summed E-state index contributed by atoms with van der Waals surface area (Å²) in [5.41, 5.74) is 0. The lowest BCUT2D eigenvalue weighted by atomic mass is 10.2. The summed E-state index contributed by atoms with van der Waals surface area (Å²) in [6.07, 6.45) is 0.613. The number of Topliss-reactive ketones (excluding diaryl/α,β-unsaturated/α-hetero) is 1. The molecule has 1 unspecified atom stereocenters. The van der Waals surface area contributed by atoms with Gasteiger partial charge in [-0.05, 0) is 0 Å². The Morgan fingerprint density at radius 1 is 1.75 bits per heavy atom. The number of rotatable bonds is 3. The minimum absolute atomic E-state index is 0.00694. The summed E-state index contributed by atoms with van der Waals surface area (Å²) in [6.45, 7) is 1.86. The zero-order valence-electron chi connectivity index (χ0n) is 4.66. The van der Waals surface area contributed by atoms with E-state index in [2.05, 4.69) is 31.9 Å². The topological polar surface area (TPSA) is 17.1 Å². The maximum atomic E-state index is 10.7. The van der Waals surface area contributed by atoms with Crippen LogP contribution in [-0.2, 0) is 4.79 Å². The minimum Gasteiger partial charge on any atom is -0.298 e. The Labute approximate surface area is 66.1 Å². The fourth-order valence-electron chi connectivity index (χ4n) is 0.308. The van der Waals surface area contributed by atoms with Gasteiger partial charge in [0.25, 0.3) is 0 Å². The molecule has 0 heterocycles. The van der Waals surface area contributed by atoms with E-state index in [1.807, 2.05) is 6.92 Å². The van der Waals surface area contributed by atoms with Crippen LogP contribution in [0.2, 0.25) is 0 Å². The summed E-state index contributed by atoms with van der Waals surface area (Å²) < 4.78 is 0. The summed E-state index contributed by atoms with van der Waals surface area (Å²) in [5.74, 6) is 0.252. The van der Waals surface area contributed by atoms with E-state index >= 15 is 0 Å². The van der Waals surface area contributed by atoms with E-state index in [-0.39, 0.29) is 10.6 Å². The van der Waals surface area contributed by atoms with Gasteiger partial charge in [-0.2, -0.15) is 0 Å². The van der Waals surface area contributed by atoms with Gasteiger partial charge in [0.2, 0.25) is 0 Å². The van der Waals surface area contributed by atoms with Crippen molar-refractivity contribution < 1.29 is 4.79 Å². The zero-order valence-corrected chi connectivity index (χ0v) is 7.83. The van der Waals surface area contributed by atoms with Crippen molar-refractivity contribution in [2.24, 2.45) is 0 Å². The van der Waals surface area contributed by atoms with Gasteiger partial charge in [-0.1, -0.05) is 38.8 Å². The van der Waals surface area contributed by atoms with Crippen molar-refractivity contribution in [2.75, 3.05) is 5.33 Å². The molecule has 1 atom stereocenters. The van der Waals surface area contributed by atoms with Crippen LogP contribution in [0.1, 0.15) is 13.3 Å². The molecule has 0 saturated carbocycles. The maximum Gasteiger partial charge on any atom is 0.147 e. The van der Waals surface area contributed by atoms with Crippen molar-refractivity contribution in [3.8, 4) is 0 Å². The maximum absolute atomic E-state index is 10.7. The average molecular weight is 244 g/mol. The van der Waals surface area contributed by atoms with E-state index in [1.54, 1.807) is 0 Å². The van der Waals surface area contributed by atoms with E-state index in [1.165, 1.54) is 0 Å². The molecule has 0 rings (SSSR count). The van der Waals surface area contributed by atoms with Gasteiger partial charge < -0.3 is 0 Å². The van der Waals surface area contributed by atoms with Crippen molar-refractivity contribution in [2.45, 2.75) is 18.2 Å². The minimum atomic E-state index is 0.00694. The molecule has 0 amide bonds. The van der Waals surface area contributed by atoms with Crippen molar-refractivity contribution in [3.63, 3.8) is 0 Å². The molecule has 0 aromatic rings. The number of carbonyl (C=O) groups excluding carboxylic acids is 1. The normalized spacial score (nSPS) is 13.4. The van der Waals surface area contributed by atoms with E-state index in [0.717, 1.165) is 0 Å². The molecule has 0 fully saturated rings. The molecular weight excluding hydrogens is 236 g/mol. The summed E-state index contributed by atoms with van der Waals surface area (Å²) in [4.78, 5) is 10.7. The molecule has 0 aromatic heterocycles. The molecule has 8 heavy (non-hydrogen) atoms. The first kappa shape index (κ1) is 8.63. The lowest BCUT2D eigenvalue weighted by Crippen LogP contribution is -2.13. The van der Waals surface area contributed by atoms with Crippen LogP contribution in [0, 0.1) is 0 Å². The van der Waals surface area contributed by atoms with Gasteiger partial charge >= 0.3 is 0 Å². The first-order valence-electron chi connectivity index (χ1n) is 2.45. The third-order valence-electron chi connectivity index (χ3n) is 0.833. The first-order chi connectivity index (χ1) is 3.72. The van der Waals surface area contributed by atoms with Crippen LogP contribution in [0.15, 0.2) is 0 Å². The van der Waals surface area contributed by atoms with Crippen LogP contribution in [0.3, 0.4) is 0 Å². The highest BCUT2D eigenvalue weighted by Crippen LogP contribution is 2.06.